The normalized spacial score (nSPS) is 27.3. The maximum Gasteiger partial charge on any atom is 0.249 e. The molecule has 1 saturated heterocycles. The van der Waals surface area contributed by atoms with E-state index >= 15 is 0 Å². The summed E-state index contributed by atoms with van der Waals surface area (Å²) in [7, 11) is 0. The van der Waals surface area contributed by atoms with E-state index in [0.717, 1.165) is 37.3 Å². The third kappa shape index (κ3) is 2.93. The largest absolute Gasteiger partial charge is 0.381 e. The average Bonchev–Trinajstić information content (AvgIpc) is 2.98. The van der Waals surface area contributed by atoms with Crippen LogP contribution in [0.4, 0.5) is 8.78 Å². The zero-order chi connectivity index (χ0) is 16.7. The summed E-state index contributed by atoms with van der Waals surface area (Å²) >= 11 is 0. The van der Waals surface area contributed by atoms with Crippen molar-refractivity contribution in [2.45, 2.75) is 50.3 Å². The van der Waals surface area contributed by atoms with Crippen molar-refractivity contribution in [3.63, 3.8) is 0 Å². The number of amides is 1. The number of carbonyl (C=O) groups is 1. The van der Waals surface area contributed by atoms with Crippen molar-refractivity contribution < 1.29 is 23.0 Å². The SMILES string of the molecule is O=C(NC1COCc2c1cnn2C1CCOCC1)C1CC(F)(F)C1. The van der Waals surface area contributed by atoms with Crippen LogP contribution in [0.5, 0.6) is 0 Å². The quantitative estimate of drug-likeness (QED) is 0.913. The van der Waals surface area contributed by atoms with Crippen LogP contribution < -0.4 is 5.32 Å². The highest BCUT2D eigenvalue weighted by Crippen LogP contribution is 2.42. The van der Waals surface area contributed by atoms with Gasteiger partial charge in [0.15, 0.2) is 0 Å². The van der Waals surface area contributed by atoms with E-state index in [4.69, 9.17) is 9.47 Å². The van der Waals surface area contributed by atoms with Crippen molar-refractivity contribution in [2.75, 3.05) is 19.8 Å². The van der Waals surface area contributed by atoms with Gasteiger partial charge in [0.1, 0.15) is 0 Å². The minimum Gasteiger partial charge on any atom is -0.381 e. The number of hydrogen-bond acceptors (Lipinski definition) is 4. The van der Waals surface area contributed by atoms with E-state index in [0.29, 0.717) is 13.2 Å². The molecule has 0 radical (unpaired) electrons. The highest BCUT2D eigenvalue weighted by atomic mass is 19.3. The van der Waals surface area contributed by atoms with Gasteiger partial charge in [-0.25, -0.2) is 8.78 Å². The molecule has 1 saturated carbocycles. The number of rotatable bonds is 3. The van der Waals surface area contributed by atoms with Crippen LogP contribution in [0, 0.1) is 5.92 Å². The second-order valence-corrected chi connectivity index (χ2v) is 6.87. The number of ether oxygens (including phenoxy) is 2. The van der Waals surface area contributed by atoms with Gasteiger partial charge < -0.3 is 14.8 Å². The first-order valence-electron chi connectivity index (χ1n) is 8.43. The zero-order valence-corrected chi connectivity index (χ0v) is 13.3. The molecule has 1 amide bonds. The number of alkyl halides is 2. The number of aromatic nitrogens is 2. The van der Waals surface area contributed by atoms with E-state index < -0.39 is 11.8 Å². The standard InChI is InChI=1S/C16H21F2N3O3/c17-16(18)5-10(6-16)15(22)20-13-8-24-9-14-12(13)7-19-21(14)11-1-3-23-4-2-11/h7,10-11,13H,1-6,8-9H2,(H,20,22). The third-order valence-electron chi connectivity index (χ3n) is 5.14. The van der Waals surface area contributed by atoms with E-state index in [1.54, 1.807) is 6.20 Å². The molecular formula is C16H21F2N3O3. The molecule has 8 heteroatoms. The number of nitrogens with one attached hydrogen (secondary N) is 1. The van der Waals surface area contributed by atoms with Crippen molar-refractivity contribution in [3.8, 4) is 0 Å². The van der Waals surface area contributed by atoms with Crippen molar-refractivity contribution in [1.82, 2.24) is 15.1 Å². The fourth-order valence-electron chi connectivity index (χ4n) is 3.70. The first kappa shape index (κ1) is 16.0. The summed E-state index contributed by atoms with van der Waals surface area (Å²) in [4.78, 5) is 12.2. The number of nitrogens with zero attached hydrogens (tertiary/aromatic N) is 2. The molecule has 4 rings (SSSR count). The van der Waals surface area contributed by atoms with E-state index in [1.165, 1.54) is 0 Å². The molecule has 1 aromatic heterocycles. The van der Waals surface area contributed by atoms with Gasteiger partial charge in [-0.2, -0.15) is 5.10 Å². The molecule has 1 N–H and O–H groups in total. The molecule has 24 heavy (non-hydrogen) atoms. The molecule has 0 spiro atoms. The molecule has 2 aliphatic heterocycles. The first-order valence-corrected chi connectivity index (χ1v) is 8.43. The number of carbonyl (C=O) groups excluding carboxylic acids is 1. The maximum atomic E-state index is 12.9. The van der Waals surface area contributed by atoms with E-state index in [2.05, 4.69) is 10.4 Å². The van der Waals surface area contributed by atoms with Crippen LogP contribution in [0.3, 0.4) is 0 Å². The highest BCUT2D eigenvalue weighted by Gasteiger charge is 2.49. The minimum atomic E-state index is -2.69. The van der Waals surface area contributed by atoms with Gasteiger partial charge in [-0.05, 0) is 12.8 Å². The minimum absolute atomic E-state index is 0.283. The fraction of sp³-hybridized carbons (Fsp3) is 0.750. The predicted molar refractivity (Wildman–Crippen MR) is 79.5 cm³/mol. The van der Waals surface area contributed by atoms with Crippen LogP contribution in [0.25, 0.3) is 0 Å². The molecule has 0 bridgehead atoms. The van der Waals surface area contributed by atoms with Crippen LogP contribution in [-0.4, -0.2) is 41.4 Å². The van der Waals surface area contributed by atoms with Crippen LogP contribution in [0.15, 0.2) is 6.20 Å². The Hall–Kier alpha value is -1.54. The second-order valence-electron chi connectivity index (χ2n) is 6.87. The molecule has 2 fully saturated rings. The molecule has 1 atom stereocenters. The molecule has 6 nitrogen and oxygen atoms in total. The van der Waals surface area contributed by atoms with Crippen LogP contribution >= 0.6 is 0 Å². The van der Waals surface area contributed by atoms with Gasteiger partial charge in [-0.3, -0.25) is 9.48 Å². The van der Waals surface area contributed by atoms with Crippen molar-refractivity contribution in [2.24, 2.45) is 5.92 Å². The number of hydrogen-bond donors (Lipinski definition) is 1. The fourth-order valence-corrected chi connectivity index (χ4v) is 3.70. The zero-order valence-electron chi connectivity index (χ0n) is 13.3. The van der Waals surface area contributed by atoms with Gasteiger partial charge in [0.2, 0.25) is 11.8 Å². The highest BCUT2D eigenvalue weighted by molar-refractivity contribution is 5.80. The van der Waals surface area contributed by atoms with E-state index in [1.807, 2.05) is 4.68 Å². The van der Waals surface area contributed by atoms with Crippen LogP contribution in [-0.2, 0) is 20.9 Å². The topological polar surface area (TPSA) is 65.4 Å². The average molecular weight is 341 g/mol. The van der Waals surface area contributed by atoms with Gasteiger partial charge in [0.05, 0.1) is 37.2 Å². The molecular weight excluding hydrogens is 320 g/mol. The van der Waals surface area contributed by atoms with Crippen molar-refractivity contribution in [1.29, 1.82) is 0 Å². The summed E-state index contributed by atoms with van der Waals surface area (Å²) in [5, 5.41) is 7.35. The van der Waals surface area contributed by atoms with Gasteiger partial charge in [0, 0.05) is 37.5 Å². The monoisotopic (exact) mass is 341 g/mol. The molecule has 1 aliphatic carbocycles. The Balaban J connectivity index is 1.46. The smallest absolute Gasteiger partial charge is 0.249 e. The summed E-state index contributed by atoms with van der Waals surface area (Å²) in [6, 6.07) is -0.0325. The van der Waals surface area contributed by atoms with E-state index in [9.17, 15) is 13.6 Å². The summed E-state index contributed by atoms with van der Waals surface area (Å²) in [6.45, 7) is 2.24. The summed E-state index contributed by atoms with van der Waals surface area (Å²) in [5.74, 6) is -3.61. The number of fused-ring (bicyclic) bond motifs is 1. The Morgan fingerprint density at radius 3 is 2.75 bits per heavy atom. The molecule has 0 aromatic carbocycles. The van der Waals surface area contributed by atoms with Gasteiger partial charge in [0.25, 0.3) is 0 Å². The van der Waals surface area contributed by atoms with Gasteiger partial charge in [-0.1, -0.05) is 0 Å². The maximum absolute atomic E-state index is 12.9. The Bertz CT molecular complexity index is 620. The lowest BCUT2D eigenvalue weighted by Gasteiger charge is -2.35. The second kappa shape index (κ2) is 6.07. The Kier molecular flexibility index (Phi) is 4.04. The number of halogens is 2. The summed E-state index contributed by atoms with van der Waals surface area (Å²) in [5.41, 5.74) is 1.91. The third-order valence-corrected chi connectivity index (χ3v) is 5.14. The predicted octanol–water partition coefficient (Wildman–Crippen LogP) is 1.97. The van der Waals surface area contributed by atoms with Gasteiger partial charge in [-0.15, -0.1) is 0 Å². The molecule has 132 valence electrons. The summed E-state index contributed by atoms with van der Waals surface area (Å²) in [6.07, 6.45) is 2.86. The molecule has 3 heterocycles. The first-order chi connectivity index (χ1) is 11.5. The van der Waals surface area contributed by atoms with Crippen molar-refractivity contribution >= 4 is 5.91 Å². The Labute approximate surface area is 138 Å². The lowest BCUT2D eigenvalue weighted by Crippen LogP contribution is -2.47. The molecule has 1 aromatic rings. The van der Waals surface area contributed by atoms with Crippen LogP contribution in [0.1, 0.15) is 49.0 Å². The van der Waals surface area contributed by atoms with Crippen LogP contribution in [0.2, 0.25) is 0 Å². The van der Waals surface area contributed by atoms with Crippen molar-refractivity contribution in [3.05, 3.63) is 17.5 Å². The molecule has 1 unspecified atom stereocenters. The van der Waals surface area contributed by atoms with E-state index in [-0.39, 0.29) is 30.8 Å². The lowest BCUT2D eigenvalue weighted by molar-refractivity contribution is -0.151. The Morgan fingerprint density at radius 2 is 2.04 bits per heavy atom. The van der Waals surface area contributed by atoms with Gasteiger partial charge >= 0.3 is 0 Å². The lowest BCUT2D eigenvalue weighted by atomic mass is 9.80. The molecule has 3 aliphatic rings. The summed E-state index contributed by atoms with van der Waals surface area (Å²) < 4.78 is 38.9. The Morgan fingerprint density at radius 1 is 1.29 bits per heavy atom.